The van der Waals surface area contributed by atoms with Gasteiger partial charge >= 0.3 is 0 Å². The highest BCUT2D eigenvalue weighted by Crippen LogP contribution is 2.35. The van der Waals surface area contributed by atoms with Gasteiger partial charge in [-0.15, -0.1) is 0 Å². The Morgan fingerprint density at radius 2 is 1.79 bits per heavy atom. The minimum Gasteiger partial charge on any atom is -0.488 e. The molecule has 0 fully saturated rings. The van der Waals surface area contributed by atoms with Crippen molar-refractivity contribution in [2.75, 3.05) is 5.73 Å². The maximum atomic E-state index is 12.2. The van der Waals surface area contributed by atoms with Crippen LogP contribution in [0, 0.1) is 22.7 Å². The Morgan fingerprint density at radius 1 is 1.07 bits per heavy atom. The lowest BCUT2D eigenvalue weighted by Gasteiger charge is -2.15. The molecule has 0 radical (unpaired) electrons. The number of hydrogen-bond acceptors (Lipinski definition) is 5. The van der Waals surface area contributed by atoms with Gasteiger partial charge in [-0.25, -0.2) is 0 Å². The van der Waals surface area contributed by atoms with Crippen molar-refractivity contribution in [2.24, 2.45) is 0 Å². The molecule has 0 saturated carbocycles. The number of hydrogen-bond donors (Lipinski definition) is 2. The van der Waals surface area contributed by atoms with Crippen molar-refractivity contribution in [1.29, 1.82) is 10.5 Å². The summed E-state index contributed by atoms with van der Waals surface area (Å²) in [6, 6.07) is 15.6. The number of aromatic amines is 1. The summed E-state index contributed by atoms with van der Waals surface area (Å²) < 4.78 is 5.88. The number of H-pyrrole nitrogens is 1. The second kappa shape index (κ2) is 8.06. The van der Waals surface area contributed by atoms with Crippen LogP contribution >= 0.6 is 23.2 Å². The first-order valence-electron chi connectivity index (χ1n) is 7.98. The Bertz CT molecular complexity index is 1210. The predicted molar refractivity (Wildman–Crippen MR) is 107 cm³/mol. The number of nitrogens with zero attached hydrogens (tertiary/aromatic N) is 2. The normalized spacial score (nSPS) is 10.1. The Hall–Kier alpha value is -3.45. The van der Waals surface area contributed by atoms with Gasteiger partial charge in [-0.2, -0.15) is 10.5 Å². The molecule has 2 aromatic carbocycles. The number of nitrogen functional groups attached to an aromatic ring is 1. The SMILES string of the molecule is N#Cc1c(N)[nH]c(=O)c(C#N)c1-c1ccccc1OCc1ccc(Cl)cc1Cl. The van der Waals surface area contributed by atoms with E-state index in [1.165, 1.54) is 0 Å². The van der Waals surface area contributed by atoms with Gasteiger partial charge in [0.25, 0.3) is 5.56 Å². The maximum absolute atomic E-state index is 12.2. The largest absolute Gasteiger partial charge is 0.488 e. The van der Waals surface area contributed by atoms with E-state index in [0.717, 1.165) is 0 Å². The molecule has 3 N–H and O–H groups in total. The molecular formula is C20H12Cl2N4O2. The van der Waals surface area contributed by atoms with E-state index in [0.29, 0.717) is 26.9 Å². The second-order valence-electron chi connectivity index (χ2n) is 5.74. The first-order chi connectivity index (χ1) is 13.5. The van der Waals surface area contributed by atoms with Crippen LogP contribution in [0.5, 0.6) is 5.75 Å². The lowest BCUT2D eigenvalue weighted by Crippen LogP contribution is -2.16. The fraction of sp³-hybridized carbons (Fsp3) is 0.0500. The molecule has 0 aliphatic carbocycles. The van der Waals surface area contributed by atoms with E-state index in [4.69, 9.17) is 33.7 Å². The third kappa shape index (κ3) is 3.65. The number of pyridine rings is 1. The third-order valence-electron chi connectivity index (χ3n) is 4.02. The fourth-order valence-corrected chi connectivity index (χ4v) is 3.17. The van der Waals surface area contributed by atoms with Crippen LogP contribution in [-0.2, 0) is 6.61 Å². The van der Waals surface area contributed by atoms with E-state index >= 15 is 0 Å². The maximum Gasteiger partial charge on any atom is 0.268 e. The molecule has 3 aromatic rings. The molecule has 6 nitrogen and oxygen atoms in total. The van der Waals surface area contributed by atoms with Gasteiger partial charge in [0.15, 0.2) is 0 Å². The monoisotopic (exact) mass is 410 g/mol. The molecule has 0 amide bonds. The van der Waals surface area contributed by atoms with E-state index in [9.17, 15) is 15.3 Å². The Balaban J connectivity index is 2.11. The standard InChI is InChI=1S/C20H12Cl2N4O2/c21-12-6-5-11(16(22)7-12)10-28-17-4-2-1-3-13(17)18-14(8-23)19(25)26-20(27)15(18)9-24/h1-7H,10H2,(H3,25,26,27). The number of anilines is 1. The zero-order valence-corrected chi connectivity index (χ0v) is 15.8. The summed E-state index contributed by atoms with van der Waals surface area (Å²) in [5.74, 6) is 0.253. The molecule has 0 saturated heterocycles. The molecule has 0 aliphatic heterocycles. The van der Waals surface area contributed by atoms with Gasteiger partial charge in [-0.05, 0) is 18.2 Å². The summed E-state index contributed by atoms with van der Waals surface area (Å²) in [7, 11) is 0. The summed E-state index contributed by atoms with van der Waals surface area (Å²) in [5.41, 5.74) is 6.12. The number of para-hydroxylation sites is 1. The molecule has 0 unspecified atom stereocenters. The van der Waals surface area contributed by atoms with Crippen molar-refractivity contribution in [2.45, 2.75) is 6.61 Å². The summed E-state index contributed by atoms with van der Waals surface area (Å²) in [5, 5.41) is 19.9. The van der Waals surface area contributed by atoms with Crippen LogP contribution < -0.4 is 16.0 Å². The molecule has 8 heteroatoms. The highest BCUT2D eigenvalue weighted by atomic mass is 35.5. The van der Waals surface area contributed by atoms with Crippen LogP contribution in [-0.4, -0.2) is 4.98 Å². The van der Waals surface area contributed by atoms with Gasteiger partial charge in [0, 0.05) is 26.7 Å². The zero-order valence-electron chi connectivity index (χ0n) is 14.3. The molecule has 0 spiro atoms. The number of rotatable bonds is 4. The summed E-state index contributed by atoms with van der Waals surface area (Å²) in [6.45, 7) is 0.120. The summed E-state index contributed by atoms with van der Waals surface area (Å²) >= 11 is 12.1. The molecule has 0 bridgehead atoms. The van der Waals surface area contributed by atoms with E-state index < -0.39 is 5.56 Å². The molecule has 138 valence electrons. The van der Waals surface area contributed by atoms with Crippen molar-refractivity contribution in [3.05, 3.63) is 79.6 Å². The Kier molecular flexibility index (Phi) is 5.56. The fourth-order valence-electron chi connectivity index (χ4n) is 2.71. The topological polar surface area (TPSA) is 116 Å². The molecule has 0 atom stereocenters. The number of nitriles is 2. The highest BCUT2D eigenvalue weighted by Gasteiger charge is 2.21. The van der Waals surface area contributed by atoms with E-state index in [2.05, 4.69) is 4.98 Å². The molecule has 1 heterocycles. The number of nitrogens with two attached hydrogens (primary N) is 1. The van der Waals surface area contributed by atoms with Gasteiger partial charge < -0.3 is 15.5 Å². The quantitative estimate of drug-likeness (QED) is 0.666. The van der Waals surface area contributed by atoms with E-state index in [-0.39, 0.29) is 29.1 Å². The van der Waals surface area contributed by atoms with E-state index in [1.54, 1.807) is 42.5 Å². The van der Waals surface area contributed by atoms with Crippen LogP contribution in [0.25, 0.3) is 11.1 Å². The van der Waals surface area contributed by atoms with E-state index in [1.807, 2.05) is 12.1 Å². The highest BCUT2D eigenvalue weighted by molar-refractivity contribution is 6.35. The van der Waals surface area contributed by atoms with Crippen LogP contribution in [0.2, 0.25) is 10.0 Å². The second-order valence-corrected chi connectivity index (χ2v) is 6.58. The van der Waals surface area contributed by atoms with Gasteiger partial charge in [0.05, 0.1) is 0 Å². The van der Waals surface area contributed by atoms with Crippen LogP contribution in [0.4, 0.5) is 5.82 Å². The van der Waals surface area contributed by atoms with Crippen LogP contribution in [0.1, 0.15) is 16.7 Å². The lowest BCUT2D eigenvalue weighted by atomic mass is 9.96. The molecule has 28 heavy (non-hydrogen) atoms. The molecule has 0 aliphatic rings. The lowest BCUT2D eigenvalue weighted by molar-refractivity contribution is 0.307. The van der Waals surface area contributed by atoms with Crippen LogP contribution in [0.15, 0.2) is 47.3 Å². The zero-order chi connectivity index (χ0) is 20.3. The predicted octanol–water partition coefficient (Wildman–Crippen LogP) is 4.25. The molecular weight excluding hydrogens is 399 g/mol. The number of benzene rings is 2. The van der Waals surface area contributed by atoms with Crippen molar-refractivity contribution >= 4 is 29.0 Å². The number of ether oxygens (including phenoxy) is 1. The third-order valence-corrected chi connectivity index (χ3v) is 4.61. The minimum atomic E-state index is -0.676. The number of halogens is 2. The number of nitrogens with one attached hydrogen (secondary N) is 1. The number of aromatic nitrogens is 1. The molecule has 1 aromatic heterocycles. The first-order valence-corrected chi connectivity index (χ1v) is 8.74. The smallest absolute Gasteiger partial charge is 0.268 e. The Morgan fingerprint density at radius 3 is 2.46 bits per heavy atom. The van der Waals surface area contributed by atoms with Crippen molar-refractivity contribution in [3.63, 3.8) is 0 Å². The van der Waals surface area contributed by atoms with Crippen molar-refractivity contribution in [3.8, 4) is 29.0 Å². The average molecular weight is 411 g/mol. The van der Waals surface area contributed by atoms with Gasteiger partial charge in [-0.3, -0.25) is 4.79 Å². The summed E-state index contributed by atoms with van der Waals surface area (Å²) in [4.78, 5) is 14.5. The van der Waals surface area contributed by atoms with Gasteiger partial charge in [-0.1, -0.05) is 47.5 Å². The average Bonchev–Trinajstić information content (AvgIpc) is 2.67. The first kappa shape index (κ1) is 19.3. The van der Waals surface area contributed by atoms with Crippen molar-refractivity contribution in [1.82, 2.24) is 4.98 Å². The Labute approximate surface area is 170 Å². The molecule has 3 rings (SSSR count). The van der Waals surface area contributed by atoms with Crippen molar-refractivity contribution < 1.29 is 4.74 Å². The minimum absolute atomic E-state index is 0.00303. The van der Waals surface area contributed by atoms with Gasteiger partial charge in [0.2, 0.25) is 0 Å². The summed E-state index contributed by atoms with van der Waals surface area (Å²) in [6.07, 6.45) is 0. The van der Waals surface area contributed by atoms with Crippen LogP contribution in [0.3, 0.4) is 0 Å². The van der Waals surface area contributed by atoms with Gasteiger partial charge in [0.1, 0.15) is 41.4 Å².